The number of nitrogens with zero attached hydrogens (tertiary/aromatic N) is 2. The number of halogens is 2. The predicted octanol–water partition coefficient (Wildman–Crippen LogP) is 5.64. The number of carbonyl (C=O) groups is 2. The van der Waals surface area contributed by atoms with E-state index in [2.05, 4.69) is 11.8 Å². The first-order valence-electron chi connectivity index (χ1n) is 12.6. The van der Waals surface area contributed by atoms with Gasteiger partial charge in [0.1, 0.15) is 0 Å². The lowest BCUT2D eigenvalue weighted by atomic mass is 9.67. The molecule has 1 N–H and O–H groups in total. The SMILES string of the molecule is CCC(CN1CCOCC1)N1C(=O)[C@@](C)(CC(=O)O)C[C@H](c2cccc(Cl)c2)[C@H]1c1ccc(Cl)cc1. The number of benzene rings is 2. The summed E-state index contributed by atoms with van der Waals surface area (Å²) in [5.41, 5.74) is 0.938. The van der Waals surface area contributed by atoms with E-state index in [1.54, 1.807) is 6.92 Å². The summed E-state index contributed by atoms with van der Waals surface area (Å²) in [6, 6.07) is 15.0. The largest absolute Gasteiger partial charge is 0.481 e. The van der Waals surface area contributed by atoms with Crippen LogP contribution in [0.5, 0.6) is 0 Å². The van der Waals surface area contributed by atoms with Crippen molar-refractivity contribution in [3.05, 3.63) is 69.7 Å². The Morgan fingerprint density at radius 3 is 2.42 bits per heavy atom. The van der Waals surface area contributed by atoms with Crippen molar-refractivity contribution in [2.24, 2.45) is 5.41 Å². The van der Waals surface area contributed by atoms with E-state index in [0.29, 0.717) is 36.2 Å². The van der Waals surface area contributed by atoms with Crippen molar-refractivity contribution < 1.29 is 19.4 Å². The summed E-state index contributed by atoms with van der Waals surface area (Å²) in [6.07, 6.45) is 0.940. The van der Waals surface area contributed by atoms with Gasteiger partial charge in [0.15, 0.2) is 0 Å². The second kappa shape index (κ2) is 11.5. The Balaban J connectivity index is 1.84. The maximum Gasteiger partial charge on any atom is 0.304 e. The summed E-state index contributed by atoms with van der Waals surface area (Å²) >= 11 is 12.6. The number of amides is 1. The van der Waals surface area contributed by atoms with E-state index in [-0.39, 0.29) is 30.3 Å². The second-order valence-electron chi connectivity index (χ2n) is 10.2. The molecule has 2 aliphatic heterocycles. The Bertz CT molecular complexity index is 1070. The molecule has 0 aliphatic carbocycles. The number of hydrogen-bond acceptors (Lipinski definition) is 4. The Kier molecular flexibility index (Phi) is 8.61. The molecule has 0 saturated carbocycles. The van der Waals surface area contributed by atoms with Crippen molar-refractivity contribution in [3.63, 3.8) is 0 Å². The molecule has 2 saturated heterocycles. The van der Waals surface area contributed by atoms with E-state index in [0.717, 1.165) is 30.6 Å². The van der Waals surface area contributed by atoms with Crippen LogP contribution in [0.15, 0.2) is 48.5 Å². The lowest BCUT2D eigenvalue weighted by Gasteiger charge is -2.52. The predicted molar refractivity (Wildman–Crippen MR) is 142 cm³/mol. The monoisotopic (exact) mass is 532 g/mol. The molecule has 36 heavy (non-hydrogen) atoms. The van der Waals surface area contributed by atoms with Gasteiger partial charge in [-0.25, -0.2) is 0 Å². The summed E-state index contributed by atoms with van der Waals surface area (Å²) in [4.78, 5) is 30.5. The quantitative estimate of drug-likeness (QED) is 0.476. The van der Waals surface area contributed by atoms with Gasteiger partial charge in [0.05, 0.1) is 31.1 Å². The topological polar surface area (TPSA) is 70.1 Å². The van der Waals surface area contributed by atoms with Crippen LogP contribution in [0.1, 0.15) is 56.2 Å². The molecule has 0 bridgehead atoms. The highest BCUT2D eigenvalue weighted by atomic mass is 35.5. The van der Waals surface area contributed by atoms with Crippen LogP contribution in [0.4, 0.5) is 0 Å². The van der Waals surface area contributed by atoms with E-state index in [9.17, 15) is 14.7 Å². The minimum absolute atomic E-state index is 0.0913. The van der Waals surface area contributed by atoms with Crippen LogP contribution in [0.25, 0.3) is 0 Å². The molecule has 194 valence electrons. The van der Waals surface area contributed by atoms with Crippen LogP contribution in [0.2, 0.25) is 10.0 Å². The van der Waals surface area contributed by atoms with Crippen molar-refractivity contribution in [1.82, 2.24) is 9.80 Å². The molecule has 6 nitrogen and oxygen atoms in total. The molecule has 0 spiro atoms. The molecule has 2 aliphatic rings. The number of aliphatic carboxylic acids is 1. The molecule has 2 fully saturated rings. The number of hydrogen-bond donors (Lipinski definition) is 1. The maximum atomic E-state index is 14.3. The first-order chi connectivity index (χ1) is 17.2. The van der Waals surface area contributed by atoms with Crippen molar-refractivity contribution in [2.45, 2.75) is 51.1 Å². The van der Waals surface area contributed by atoms with Gasteiger partial charge in [-0.1, -0.05) is 61.3 Å². The molecule has 1 unspecified atom stereocenters. The summed E-state index contributed by atoms with van der Waals surface area (Å²) in [7, 11) is 0. The minimum atomic E-state index is -1.04. The Morgan fingerprint density at radius 2 is 1.81 bits per heavy atom. The lowest BCUT2D eigenvalue weighted by molar-refractivity contribution is -0.161. The van der Waals surface area contributed by atoms with Gasteiger partial charge >= 0.3 is 5.97 Å². The number of likely N-dealkylation sites (tertiary alicyclic amines) is 1. The first kappa shape index (κ1) is 26.9. The third-order valence-corrected chi connectivity index (χ3v) is 8.06. The number of carboxylic acids is 1. The molecule has 8 heteroatoms. The van der Waals surface area contributed by atoms with Gasteiger partial charge in [0.25, 0.3) is 0 Å². The van der Waals surface area contributed by atoms with Gasteiger partial charge in [-0.2, -0.15) is 0 Å². The highest BCUT2D eigenvalue weighted by molar-refractivity contribution is 6.30. The zero-order valence-corrected chi connectivity index (χ0v) is 22.3. The zero-order valence-electron chi connectivity index (χ0n) is 20.8. The smallest absolute Gasteiger partial charge is 0.304 e. The Hall–Kier alpha value is -2.12. The van der Waals surface area contributed by atoms with Crippen LogP contribution in [0, 0.1) is 5.41 Å². The van der Waals surface area contributed by atoms with Crippen molar-refractivity contribution in [3.8, 4) is 0 Å². The molecule has 2 aromatic carbocycles. The fourth-order valence-electron chi connectivity index (χ4n) is 5.78. The van der Waals surface area contributed by atoms with Gasteiger partial charge in [-0.15, -0.1) is 0 Å². The Morgan fingerprint density at radius 1 is 1.11 bits per heavy atom. The van der Waals surface area contributed by atoms with Gasteiger partial charge in [0.2, 0.25) is 5.91 Å². The van der Waals surface area contributed by atoms with E-state index in [1.807, 2.05) is 53.4 Å². The molecule has 4 rings (SSSR count). The fraction of sp³-hybridized carbons (Fsp3) is 0.500. The first-order valence-corrected chi connectivity index (χ1v) is 13.3. The van der Waals surface area contributed by atoms with E-state index < -0.39 is 11.4 Å². The summed E-state index contributed by atoms with van der Waals surface area (Å²) in [5, 5.41) is 11.0. The maximum absolute atomic E-state index is 14.3. The van der Waals surface area contributed by atoms with E-state index in [4.69, 9.17) is 27.9 Å². The van der Waals surface area contributed by atoms with Crippen LogP contribution in [-0.4, -0.2) is 65.7 Å². The number of carbonyl (C=O) groups excluding carboxylic acids is 1. The number of piperidine rings is 1. The third kappa shape index (κ3) is 5.88. The minimum Gasteiger partial charge on any atom is -0.481 e. The standard InChI is InChI=1S/C28H34Cl2N2O4/c1-3-23(18-31-11-13-36-14-12-31)32-26(19-7-9-21(29)10-8-19)24(20-5-4-6-22(30)15-20)16-28(2,27(32)35)17-25(33)34/h4-10,15,23-24,26H,3,11-14,16-18H2,1-2H3,(H,33,34)/t23?,24-,26-,28-/m1/s1. The number of carboxylic acid groups (broad SMARTS) is 1. The highest BCUT2D eigenvalue weighted by Gasteiger charge is 2.52. The third-order valence-electron chi connectivity index (χ3n) is 7.57. The van der Waals surface area contributed by atoms with Crippen LogP contribution in [-0.2, 0) is 14.3 Å². The van der Waals surface area contributed by atoms with Gasteiger partial charge in [-0.05, 0) is 48.2 Å². The van der Waals surface area contributed by atoms with E-state index in [1.165, 1.54) is 0 Å². The van der Waals surface area contributed by atoms with Gasteiger partial charge in [-0.3, -0.25) is 14.5 Å². The second-order valence-corrected chi connectivity index (χ2v) is 11.1. The molecule has 0 radical (unpaired) electrons. The molecule has 2 heterocycles. The van der Waals surface area contributed by atoms with E-state index >= 15 is 0 Å². The van der Waals surface area contributed by atoms with Crippen LogP contribution >= 0.6 is 23.2 Å². The molecular formula is C28H34Cl2N2O4. The van der Waals surface area contributed by atoms with Crippen molar-refractivity contribution in [2.75, 3.05) is 32.8 Å². The fourth-order valence-corrected chi connectivity index (χ4v) is 6.10. The normalized spacial score (nSPS) is 26.1. The number of ether oxygens (including phenoxy) is 1. The Labute approximate surface area is 223 Å². The molecule has 1 amide bonds. The molecular weight excluding hydrogens is 499 g/mol. The van der Waals surface area contributed by atoms with Crippen LogP contribution < -0.4 is 0 Å². The van der Waals surface area contributed by atoms with Gasteiger partial charge < -0.3 is 14.7 Å². The average molecular weight is 533 g/mol. The van der Waals surface area contributed by atoms with Crippen molar-refractivity contribution in [1.29, 1.82) is 0 Å². The molecule has 2 aromatic rings. The summed E-state index contributed by atoms with van der Waals surface area (Å²) in [6.45, 7) is 7.58. The lowest BCUT2D eigenvalue weighted by Crippen LogP contribution is -2.58. The zero-order chi connectivity index (χ0) is 25.9. The molecule has 0 aromatic heterocycles. The molecule has 4 atom stereocenters. The van der Waals surface area contributed by atoms with Gasteiger partial charge in [0, 0.05) is 41.6 Å². The van der Waals surface area contributed by atoms with Crippen molar-refractivity contribution >= 4 is 35.1 Å². The van der Waals surface area contributed by atoms with Crippen LogP contribution in [0.3, 0.4) is 0 Å². The highest BCUT2D eigenvalue weighted by Crippen LogP contribution is 2.52. The average Bonchev–Trinajstić information content (AvgIpc) is 2.85. The number of morpholine rings is 1. The summed E-state index contributed by atoms with van der Waals surface area (Å²) in [5.74, 6) is -1.21. The summed E-state index contributed by atoms with van der Waals surface area (Å²) < 4.78 is 5.53. The number of rotatable bonds is 8.